The van der Waals surface area contributed by atoms with Gasteiger partial charge in [0.2, 0.25) is 0 Å². The van der Waals surface area contributed by atoms with E-state index in [9.17, 15) is 19.5 Å². The quantitative estimate of drug-likeness (QED) is 0.837. The number of likely N-dealkylation sites (tertiary alicyclic amines) is 1. The van der Waals surface area contributed by atoms with Gasteiger partial charge in [-0.1, -0.05) is 12.8 Å². The van der Waals surface area contributed by atoms with Gasteiger partial charge in [-0.05, 0) is 18.9 Å². The molecule has 7 heteroatoms. The van der Waals surface area contributed by atoms with Crippen molar-refractivity contribution in [3.05, 3.63) is 28.2 Å². The van der Waals surface area contributed by atoms with Crippen LogP contribution < -0.4 is 5.56 Å². The molecule has 1 atom stereocenters. The number of nitrogens with zero attached hydrogens (tertiary/aromatic N) is 3. The Hall–Kier alpha value is -2.18. The molecule has 0 aliphatic carbocycles. The highest BCUT2D eigenvalue weighted by Crippen LogP contribution is 2.18. The summed E-state index contributed by atoms with van der Waals surface area (Å²) in [5.41, 5.74) is -0.215. The van der Waals surface area contributed by atoms with Gasteiger partial charge in [-0.25, -0.2) is 9.48 Å². The van der Waals surface area contributed by atoms with Crippen molar-refractivity contribution >= 4 is 11.9 Å². The Labute approximate surface area is 115 Å². The standard InChI is InChI=1S/C13H17N3O4/c1-15-11(17)7-6-9(14-15)12(18)16-8-4-2-3-5-10(16)13(19)20/h6-7,10H,2-5,8H2,1H3,(H,19,20). The molecule has 7 nitrogen and oxygen atoms in total. The lowest BCUT2D eigenvalue weighted by molar-refractivity contribution is -0.142. The maximum Gasteiger partial charge on any atom is 0.326 e. The van der Waals surface area contributed by atoms with Crippen LogP contribution in [0, 0.1) is 0 Å². The fraction of sp³-hybridized carbons (Fsp3) is 0.538. The Kier molecular flexibility index (Phi) is 4.16. The van der Waals surface area contributed by atoms with Crippen molar-refractivity contribution in [3.8, 4) is 0 Å². The predicted octanol–water partition coefficient (Wildman–Crippen LogP) is 0.250. The number of amides is 1. The van der Waals surface area contributed by atoms with Crippen molar-refractivity contribution < 1.29 is 14.7 Å². The van der Waals surface area contributed by atoms with Crippen LogP contribution in [0.4, 0.5) is 0 Å². The summed E-state index contributed by atoms with van der Waals surface area (Å²) < 4.78 is 1.07. The summed E-state index contributed by atoms with van der Waals surface area (Å²) in [6, 6.07) is 1.78. The maximum atomic E-state index is 12.4. The highest BCUT2D eigenvalue weighted by Gasteiger charge is 2.32. The minimum absolute atomic E-state index is 0.0975. The summed E-state index contributed by atoms with van der Waals surface area (Å²) >= 11 is 0. The molecule has 108 valence electrons. The smallest absolute Gasteiger partial charge is 0.326 e. The van der Waals surface area contributed by atoms with Crippen LogP contribution in [0.3, 0.4) is 0 Å². The second kappa shape index (κ2) is 5.85. The molecular formula is C13H17N3O4. The molecule has 0 saturated carbocycles. The van der Waals surface area contributed by atoms with Crippen molar-refractivity contribution in [1.29, 1.82) is 0 Å². The number of carbonyl (C=O) groups excluding carboxylic acids is 1. The van der Waals surface area contributed by atoms with Gasteiger partial charge >= 0.3 is 5.97 Å². The molecule has 1 aromatic heterocycles. The van der Waals surface area contributed by atoms with Gasteiger partial charge in [-0.15, -0.1) is 0 Å². The third-order valence-corrected chi connectivity index (χ3v) is 3.48. The number of aromatic nitrogens is 2. The van der Waals surface area contributed by atoms with Crippen molar-refractivity contribution in [2.24, 2.45) is 7.05 Å². The van der Waals surface area contributed by atoms with E-state index in [1.807, 2.05) is 0 Å². The number of carboxylic acids is 1. The van der Waals surface area contributed by atoms with E-state index in [0.29, 0.717) is 13.0 Å². The number of hydrogen-bond donors (Lipinski definition) is 1. The number of rotatable bonds is 2. The fourth-order valence-electron chi connectivity index (χ4n) is 2.37. The molecule has 2 rings (SSSR count). The molecule has 1 aliphatic heterocycles. The van der Waals surface area contributed by atoms with Gasteiger partial charge in [0.25, 0.3) is 11.5 Å². The first-order chi connectivity index (χ1) is 9.50. The molecule has 0 bridgehead atoms. The lowest BCUT2D eigenvalue weighted by atomic mass is 10.1. The van der Waals surface area contributed by atoms with Crippen molar-refractivity contribution in [2.75, 3.05) is 6.54 Å². The van der Waals surface area contributed by atoms with E-state index in [2.05, 4.69) is 5.10 Å². The predicted molar refractivity (Wildman–Crippen MR) is 70.4 cm³/mol. The van der Waals surface area contributed by atoms with Crippen molar-refractivity contribution in [1.82, 2.24) is 14.7 Å². The van der Waals surface area contributed by atoms with Crippen LogP contribution in [0.2, 0.25) is 0 Å². The minimum atomic E-state index is -0.995. The molecular weight excluding hydrogens is 262 g/mol. The van der Waals surface area contributed by atoms with Crippen molar-refractivity contribution in [2.45, 2.75) is 31.7 Å². The summed E-state index contributed by atoms with van der Waals surface area (Å²) in [5.74, 6) is -1.43. The zero-order valence-corrected chi connectivity index (χ0v) is 11.3. The molecule has 20 heavy (non-hydrogen) atoms. The number of hydrogen-bond acceptors (Lipinski definition) is 4. The molecule has 1 unspecified atom stereocenters. The lowest BCUT2D eigenvalue weighted by Gasteiger charge is -2.26. The van der Waals surface area contributed by atoms with E-state index in [1.165, 1.54) is 24.1 Å². The molecule has 1 N–H and O–H groups in total. The zero-order valence-electron chi connectivity index (χ0n) is 11.3. The van der Waals surface area contributed by atoms with Gasteiger partial charge in [-0.2, -0.15) is 5.10 Å². The number of carbonyl (C=O) groups is 2. The van der Waals surface area contributed by atoms with Gasteiger partial charge < -0.3 is 10.0 Å². The maximum absolute atomic E-state index is 12.4. The molecule has 0 radical (unpaired) electrons. The SMILES string of the molecule is Cn1nc(C(=O)N2CCCCCC2C(=O)O)ccc1=O. The third kappa shape index (κ3) is 2.87. The Morgan fingerprint density at radius 1 is 1.30 bits per heavy atom. The molecule has 0 aromatic carbocycles. The monoisotopic (exact) mass is 279 g/mol. The van der Waals surface area contributed by atoms with Crippen LogP contribution in [0.15, 0.2) is 16.9 Å². The van der Waals surface area contributed by atoms with E-state index in [0.717, 1.165) is 23.9 Å². The number of aryl methyl sites for hydroxylation is 1. The fourth-order valence-corrected chi connectivity index (χ4v) is 2.37. The first-order valence-corrected chi connectivity index (χ1v) is 6.59. The van der Waals surface area contributed by atoms with E-state index in [-0.39, 0.29) is 11.3 Å². The molecule has 1 fully saturated rings. The van der Waals surface area contributed by atoms with Gasteiger partial charge in [0.05, 0.1) is 0 Å². The zero-order chi connectivity index (χ0) is 14.7. The Bertz CT molecular complexity index is 581. The molecule has 2 heterocycles. The summed E-state index contributed by atoms with van der Waals surface area (Å²) in [5, 5.41) is 13.2. The second-order valence-electron chi connectivity index (χ2n) is 4.88. The summed E-state index contributed by atoms with van der Waals surface area (Å²) in [6.45, 7) is 0.403. The third-order valence-electron chi connectivity index (χ3n) is 3.48. The average Bonchev–Trinajstić information content (AvgIpc) is 2.66. The average molecular weight is 279 g/mol. The Morgan fingerprint density at radius 2 is 2.05 bits per heavy atom. The lowest BCUT2D eigenvalue weighted by Crippen LogP contribution is -2.45. The Balaban J connectivity index is 2.30. The number of carboxylic acid groups (broad SMARTS) is 1. The van der Waals surface area contributed by atoms with Gasteiger partial charge in [0.1, 0.15) is 11.7 Å². The first-order valence-electron chi connectivity index (χ1n) is 6.59. The molecule has 1 amide bonds. The van der Waals surface area contributed by atoms with Crippen LogP contribution in [-0.2, 0) is 11.8 Å². The van der Waals surface area contributed by atoms with Crippen LogP contribution in [0.5, 0.6) is 0 Å². The van der Waals surface area contributed by atoms with Crippen molar-refractivity contribution in [3.63, 3.8) is 0 Å². The minimum Gasteiger partial charge on any atom is -0.480 e. The molecule has 1 saturated heterocycles. The van der Waals surface area contributed by atoms with E-state index in [1.54, 1.807) is 0 Å². The van der Waals surface area contributed by atoms with Crippen LogP contribution in [0.1, 0.15) is 36.2 Å². The molecule has 1 aromatic rings. The van der Waals surface area contributed by atoms with Gasteiger partial charge in [0, 0.05) is 19.7 Å². The first kappa shape index (κ1) is 14.2. The highest BCUT2D eigenvalue weighted by atomic mass is 16.4. The summed E-state index contributed by atoms with van der Waals surface area (Å²) in [7, 11) is 1.45. The highest BCUT2D eigenvalue weighted by molar-refractivity contribution is 5.94. The topological polar surface area (TPSA) is 92.5 Å². The van der Waals surface area contributed by atoms with Crippen LogP contribution >= 0.6 is 0 Å². The number of aliphatic carboxylic acids is 1. The Morgan fingerprint density at radius 3 is 2.70 bits per heavy atom. The van der Waals surface area contributed by atoms with Gasteiger partial charge in [-0.3, -0.25) is 9.59 Å². The largest absolute Gasteiger partial charge is 0.480 e. The van der Waals surface area contributed by atoms with Gasteiger partial charge in [0.15, 0.2) is 0 Å². The molecule has 1 aliphatic rings. The van der Waals surface area contributed by atoms with Crippen LogP contribution in [0.25, 0.3) is 0 Å². The summed E-state index contributed by atoms with van der Waals surface area (Å²) in [6.07, 6.45) is 2.93. The second-order valence-corrected chi connectivity index (χ2v) is 4.88. The van der Waals surface area contributed by atoms with Crippen LogP contribution in [-0.4, -0.2) is 44.3 Å². The van der Waals surface area contributed by atoms with E-state index in [4.69, 9.17) is 0 Å². The van der Waals surface area contributed by atoms with E-state index >= 15 is 0 Å². The molecule has 0 spiro atoms. The van der Waals surface area contributed by atoms with E-state index < -0.39 is 17.9 Å². The summed E-state index contributed by atoms with van der Waals surface area (Å²) in [4.78, 5) is 36.3. The normalized spacial score (nSPS) is 19.4.